The van der Waals surface area contributed by atoms with Crippen molar-refractivity contribution in [2.24, 2.45) is 11.8 Å². The van der Waals surface area contributed by atoms with Gasteiger partial charge in [0.25, 0.3) is 0 Å². The summed E-state index contributed by atoms with van der Waals surface area (Å²) in [6, 6.07) is 12.8. The molecule has 4 rings (SSSR count). The molecule has 188 valence electrons. The van der Waals surface area contributed by atoms with Crippen LogP contribution in [0.2, 0.25) is 0 Å². The first-order chi connectivity index (χ1) is 17.0. The molecular weight excluding hydrogens is 441 g/mol. The summed E-state index contributed by atoms with van der Waals surface area (Å²) in [5.74, 6) is -0.958. The predicted molar refractivity (Wildman–Crippen MR) is 141 cm³/mol. The summed E-state index contributed by atoms with van der Waals surface area (Å²) in [5.41, 5.74) is 2.50. The first-order valence-electron chi connectivity index (χ1n) is 13.7. The molecule has 35 heavy (non-hydrogen) atoms. The molecule has 1 saturated carbocycles. The van der Waals surface area contributed by atoms with E-state index in [0.717, 1.165) is 37.5 Å². The molecule has 0 aromatic heterocycles. The Hall–Kier alpha value is -2.29. The number of rotatable bonds is 10. The third-order valence-electron chi connectivity index (χ3n) is 8.02. The minimum atomic E-state index is -1.09. The second kappa shape index (κ2) is 12.1. The van der Waals surface area contributed by atoms with Gasteiger partial charge in [-0.15, -0.1) is 0 Å². The van der Waals surface area contributed by atoms with E-state index in [-0.39, 0.29) is 10.9 Å². The van der Waals surface area contributed by atoms with Crippen molar-refractivity contribution in [2.45, 2.75) is 90.9 Å². The van der Waals surface area contributed by atoms with E-state index in [1.165, 1.54) is 50.5 Å². The van der Waals surface area contributed by atoms with Crippen molar-refractivity contribution >= 4 is 10.8 Å². The zero-order valence-electron chi connectivity index (χ0n) is 21.3. The summed E-state index contributed by atoms with van der Waals surface area (Å²) in [6.45, 7) is 4.36. The van der Waals surface area contributed by atoms with E-state index in [9.17, 15) is 0 Å². The van der Waals surface area contributed by atoms with Gasteiger partial charge in [-0.25, -0.2) is 13.2 Å². The normalized spacial score (nSPS) is 18.3. The molecule has 3 aromatic rings. The Morgan fingerprint density at radius 3 is 2.03 bits per heavy atom. The van der Waals surface area contributed by atoms with Gasteiger partial charge in [0, 0.05) is 5.56 Å². The Morgan fingerprint density at radius 2 is 1.37 bits per heavy atom. The van der Waals surface area contributed by atoms with Crippen molar-refractivity contribution in [2.75, 3.05) is 0 Å². The van der Waals surface area contributed by atoms with Crippen LogP contribution < -0.4 is 0 Å². The number of unbranched alkanes of at least 4 members (excludes halogenated alkanes) is 2. The van der Waals surface area contributed by atoms with Crippen molar-refractivity contribution in [3.63, 3.8) is 0 Å². The average molecular weight is 481 g/mol. The molecule has 0 N–H and O–H groups in total. The maximum atomic E-state index is 15.1. The highest BCUT2D eigenvalue weighted by Gasteiger charge is 2.21. The van der Waals surface area contributed by atoms with E-state index >= 15 is 13.2 Å². The lowest BCUT2D eigenvalue weighted by atomic mass is 9.78. The van der Waals surface area contributed by atoms with Crippen LogP contribution >= 0.6 is 0 Å². The summed E-state index contributed by atoms with van der Waals surface area (Å²) >= 11 is 0. The van der Waals surface area contributed by atoms with E-state index in [4.69, 9.17) is 0 Å². The SMILES string of the molecule is CCCCCc1ccc2cc(-c3ccc(CCC4CCC(CCC)CC4)cc3)c(F)c(F)c2c1F. The summed E-state index contributed by atoms with van der Waals surface area (Å²) in [6.07, 6.45) is 13.7. The van der Waals surface area contributed by atoms with E-state index in [1.54, 1.807) is 18.2 Å². The molecule has 0 radical (unpaired) electrons. The average Bonchev–Trinajstić information content (AvgIpc) is 2.87. The summed E-state index contributed by atoms with van der Waals surface area (Å²) in [7, 11) is 0. The fraction of sp³-hybridized carbons (Fsp3) is 0.500. The molecule has 0 heterocycles. The highest BCUT2D eigenvalue weighted by Crippen LogP contribution is 2.35. The van der Waals surface area contributed by atoms with Gasteiger partial charge in [-0.2, -0.15) is 0 Å². The molecular formula is C32H39F3. The fourth-order valence-corrected chi connectivity index (χ4v) is 5.83. The van der Waals surface area contributed by atoms with Crippen LogP contribution in [0.4, 0.5) is 13.2 Å². The van der Waals surface area contributed by atoms with E-state index in [0.29, 0.717) is 22.9 Å². The third kappa shape index (κ3) is 6.11. The third-order valence-corrected chi connectivity index (χ3v) is 8.02. The first kappa shape index (κ1) is 25.8. The summed E-state index contributed by atoms with van der Waals surface area (Å²) in [4.78, 5) is 0. The Labute approximate surface area is 209 Å². The molecule has 0 nitrogen and oxygen atoms in total. The largest absolute Gasteiger partial charge is 0.206 e. The topological polar surface area (TPSA) is 0 Å². The van der Waals surface area contributed by atoms with Gasteiger partial charge in [-0.1, -0.05) is 102 Å². The van der Waals surface area contributed by atoms with Gasteiger partial charge < -0.3 is 0 Å². The highest BCUT2D eigenvalue weighted by atomic mass is 19.2. The molecule has 1 aliphatic carbocycles. The maximum absolute atomic E-state index is 15.1. The number of halogens is 3. The van der Waals surface area contributed by atoms with Crippen LogP contribution in [0.1, 0.15) is 89.2 Å². The number of benzene rings is 3. The number of hydrogen-bond donors (Lipinski definition) is 0. The molecule has 1 aliphatic rings. The van der Waals surface area contributed by atoms with Crippen LogP contribution in [0, 0.1) is 29.3 Å². The maximum Gasteiger partial charge on any atom is 0.170 e. The molecule has 3 aromatic carbocycles. The lowest BCUT2D eigenvalue weighted by molar-refractivity contribution is 0.252. The lowest BCUT2D eigenvalue weighted by Crippen LogP contribution is -2.15. The van der Waals surface area contributed by atoms with Gasteiger partial charge in [-0.3, -0.25) is 0 Å². The fourth-order valence-electron chi connectivity index (χ4n) is 5.83. The second-order valence-corrected chi connectivity index (χ2v) is 10.6. The van der Waals surface area contributed by atoms with Crippen molar-refractivity contribution < 1.29 is 13.2 Å². The Bertz CT molecular complexity index is 1110. The van der Waals surface area contributed by atoms with Crippen molar-refractivity contribution in [1.29, 1.82) is 0 Å². The Balaban J connectivity index is 1.46. The molecule has 3 heteroatoms. The lowest BCUT2D eigenvalue weighted by Gasteiger charge is -2.28. The van der Waals surface area contributed by atoms with Crippen LogP contribution in [0.5, 0.6) is 0 Å². The molecule has 0 amide bonds. The molecule has 0 atom stereocenters. The quantitative estimate of drug-likeness (QED) is 0.253. The van der Waals surface area contributed by atoms with Crippen LogP contribution in [0.15, 0.2) is 42.5 Å². The number of hydrogen-bond acceptors (Lipinski definition) is 0. The van der Waals surface area contributed by atoms with Crippen molar-refractivity contribution in [3.05, 3.63) is 71.0 Å². The van der Waals surface area contributed by atoms with Crippen molar-refractivity contribution in [3.8, 4) is 11.1 Å². The van der Waals surface area contributed by atoms with Crippen molar-refractivity contribution in [1.82, 2.24) is 0 Å². The molecule has 0 bridgehead atoms. The Morgan fingerprint density at radius 1 is 0.686 bits per heavy atom. The van der Waals surface area contributed by atoms with Crippen LogP contribution in [-0.2, 0) is 12.8 Å². The molecule has 0 saturated heterocycles. The minimum Gasteiger partial charge on any atom is -0.206 e. The van der Waals surface area contributed by atoms with Gasteiger partial charge >= 0.3 is 0 Å². The minimum absolute atomic E-state index is 0.189. The monoisotopic (exact) mass is 480 g/mol. The van der Waals surface area contributed by atoms with Gasteiger partial charge in [0.2, 0.25) is 0 Å². The zero-order valence-corrected chi connectivity index (χ0v) is 21.3. The molecule has 0 spiro atoms. The molecule has 0 aliphatic heterocycles. The first-order valence-corrected chi connectivity index (χ1v) is 13.7. The Kier molecular flexibility index (Phi) is 8.92. The standard InChI is InChI=1S/C32H39F3/c1-3-5-6-8-26-19-20-27-21-28(31(34)32(35)29(27)30(26)33)25-17-15-24(16-18-25)14-13-23-11-9-22(7-4-2)10-12-23/h15-23H,3-14H2,1-2H3. The van der Waals surface area contributed by atoms with E-state index in [1.807, 2.05) is 24.3 Å². The van der Waals surface area contributed by atoms with Crippen LogP contribution in [0.3, 0.4) is 0 Å². The van der Waals surface area contributed by atoms with Crippen LogP contribution in [-0.4, -0.2) is 0 Å². The zero-order chi connectivity index (χ0) is 24.8. The number of aryl methyl sites for hydroxylation is 2. The number of fused-ring (bicyclic) bond motifs is 1. The van der Waals surface area contributed by atoms with E-state index < -0.39 is 17.5 Å². The summed E-state index contributed by atoms with van der Waals surface area (Å²) in [5, 5.41) is 0.170. The second-order valence-electron chi connectivity index (χ2n) is 10.6. The summed E-state index contributed by atoms with van der Waals surface area (Å²) < 4.78 is 45.1. The van der Waals surface area contributed by atoms with Gasteiger partial charge in [-0.05, 0) is 65.7 Å². The van der Waals surface area contributed by atoms with Gasteiger partial charge in [0.05, 0.1) is 5.39 Å². The highest BCUT2D eigenvalue weighted by molar-refractivity contribution is 5.89. The molecule has 1 fully saturated rings. The van der Waals surface area contributed by atoms with Gasteiger partial charge in [0.1, 0.15) is 5.82 Å². The van der Waals surface area contributed by atoms with E-state index in [2.05, 4.69) is 13.8 Å². The smallest absolute Gasteiger partial charge is 0.170 e. The predicted octanol–water partition coefficient (Wildman–Crippen LogP) is 10.2. The van der Waals surface area contributed by atoms with Gasteiger partial charge in [0.15, 0.2) is 11.6 Å². The van der Waals surface area contributed by atoms with Crippen LogP contribution in [0.25, 0.3) is 21.9 Å². The molecule has 0 unspecified atom stereocenters.